The molecule has 0 spiro atoms. The van der Waals surface area contributed by atoms with Gasteiger partial charge in [0.25, 0.3) is 0 Å². The Hall–Kier alpha value is -0.550. The van der Waals surface area contributed by atoms with Gasteiger partial charge >= 0.3 is 0 Å². The lowest BCUT2D eigenvalue weighted by molar-refractivity contribution is 0.557. The average molecular weight is 375 g/mol. The fourth-order valence-corrected chi connectivity index (χ4v) is 3.31. The van der Waals surface area contributed by atoms with E-state index in [0.717, 1.165) is 12.1 Å². The maximum absolute atomic E-state index is 13.5. The zero-order chi connectivity index (χ0) is 14.7. The van der Waals surface area contributed by atoms with Gasteiger partial charge in [0, 0.05) is 11.0 Å². The smallest absolute Gasteiger partial charge is 0.218 e. The van der Waals surface area contributed by atoms with Crippen LogP contribution in [-0.2, 0) is 20.0 Å². The van der Waals surface area contributed by atoms with Crippen molar-refractivity contribution in [2.75, 3.05) is 19.3 Å². The maximum atomic E-state index is 13.5. The standard InChI is InChI=1S/C9H12BrFN2O4S2/c1-12-18(14,15)5-4-13-19(16,17)9-3-2-7(10)6-8(9)11/h2-3,6,12-13H,4-5H2,1H3. The number of nitrogens with one attached hydrogen (secondary N) is 2. The van der Waals surface area contributed by atoms with Crippen LogP contribution in [0.25, 0.3) is 0 Å². The van der Waals surface area contributed by atoms with Crippen LogP contribution in [0.15, 0.2) is 27.6 Å². The molecule has 0 aliphatic rings. The normalized spacial score (nSPS) is 12.6. The highest BCUT2D eigenvalue weighted by atomic mass is 79.9. The molecule has 0 aromatic heterocycles. The molecule has 1 rings (SSSR count). The highest BCUT2D eigenvalue weighted by molar-refractivity contribution is 9.10. The predicted octanol–water partition coefficient (Wildman–Crippen LogP) is 0.416. The van der Waals surface area contributed by atoms with Crippen molar-refractivity contribution in [1.29, 1.82) is 0 Å². The second-order valence-electron chi connectivity index (χ2n) is 3.50. The average Bonchev–Trinajstić information content (AvgIpc) is 2.27. The summed E-state index contributed by atoms with van der Waals surface area (Å²) >= 11 is 3.01. The van der Waals surface area contributed by atoms with Crippen LogP contribution in [0.4, 0.5) is 4.39 Å². The minimum atomic E-state index is -4.08. The molecule has 1 aromatic carbocycles. The molecule has 6 nitrogen and oxygen atoms in total. The molecule has 0 aliphatic carbocycles. The SMILES string of the molecule is CNS(=O)(=O)CCNS(=O)(=O)c1ccc(Br)cc1F. The van der Waals surface area contributed by atoms with Gasteiger partial charge < -0.3 is 0 Å². The largest absolute Gasteiger partial charge is 0.243 e. The fraction of sp³-hybridized carbons (Fsp3) is 0.333. The minimum absolute atomic E-state index is 0.346. The molecule has 0 fully saturated rings. The Bertz CT molecular complexity index is 661. The molecule has 108 valence electrons. The number of hydrogen-bond acceptors (Lipinski definition) is 4. The molecule has 0 saturated carbocycles. The van der Waals surface area contributed by atoms with Crippen LogP contribution in [0.2, 0.25) is 0 Å². The van der Waals surface area contributed by atoms with Gasteiger partial charge in [-0.05, 0) is 25.2 Å². The van der Waals surface area contributed by atoms with E-state index in [1.807, 2.05) is 9.44 Å². The zero-order valence-corrected chi connectivity index (χ0v) is 13.1. The van der Waals surface area contributed by atoms with Crippen LogP contribution in [0.1, 0.15) is 0 Å². The van der Waals surface area contributed by atoms with Crippen molar-refractivity contribution in [2.24, 2.45) is 0 Å². The maximum Gasteiger partial charge on any atom is 0.243 e. The molecule has 0 saturated heterocycles. The lowest BCUT2D eigenvalue weighted by Gasteiger charge is -2.08. The van der Waals surface area contributed by atoms with Gasteiger partial charge in [-0.1, -0.05) is 15.9 Å². The van der Waals surface area contributed by atoms with E-state index in [4.69, 9.17) is 0 Å². The van der Waals surface area contributed by atoms with Crippen LogP contribution in [-0.4, -0.2) is 36.2 Å². The molecule has 1 aromatic rings. The molecule has 2 N–H and O–H groups in total. The highest BCUT2D eigenvalue weighted by Crippen LogP contribution is 2.19. The molecule has 0 radical (unpaired) electrons. The lowest BCUT2D eigenvalue weighted by atomic mass is 10.3. The summed E-state index contributed by atoms with van der Waals surface area (Å²) in [5.41, 5.74) is 0. The Balaban J connectivity index is 2.82. The van der Waals surface area contributed by atoms with Gasteiger partial charge in [-0.3, -0.25) is 0 Å². The summed E-state index contributed by atoms with van der Waals surface area (Å²) < 4.78 is 63.7. The van der Waals surface area contributed by atoms with Gasteiger partial charge in [0.2, 0.25) is 20.0 Å². The minimum Gasteiger partial charge on any atom is -0.218 e. The van der Waals surface area contributed by atoms with E-state index < -0.39 is 36.5 Å². The van der Waals surface area contributed by atoms with Crippen molar-refractivity contribution >= 4 is 36.0 Å². The van der Waals surface area contributed by atoms with Crippen LogP contribution in [0, 0.1) is 5.82 Å². The molecule has 0 amide bonds. The first-order chi connectivity index (χ1) is 8.68. The molecule has 0 bridgehead atoms. The predicted molar refractivity (Wildman–Crippen MR) is 72.1 cm³/mol. The third-order valence-electron chi connectivity index (χ3n) is 2.16. The lowest BCUT2D eigenvalue weighted by Crippen LogP contribution is -2.33. The second-order valence-corrected chi connectivity index (χ2v) is 8.19. The molecule has 0 atom stereocenters. The van der Waals surface area contributed by atoms with Crippen molar-refractivity contribution < 1.29 is 21.2 Å². The van der Waals surface area contributed by atoms with Gasteiger partial charge in [-0.15, -0.1) is 0 Å². The highest BCUT2D eigenvalue weighted by Gasteiger charge is 2.19. The fourth-order valence-electron chi connectivity index (χ4n) is 1.18. The Kier molecular flexibility index (Phi) is 5.44. The van der Waals surface area contributed by atoms with E-state index in [-0.39, 0.29) is 6.54 Å². The summed E-state index contributed by atoms with van der Waals surface area (Å²) in [6.45, 7) is -0.346. The number of hydrogen-bond donors (Lipinski definition) is 2. The van der Waals surface area contributed by atoms with Crippen molar-refractivity contribution in [3.05, 3.63) is 28.5 Å². The van der Waals surface area contributed by atoms with Gasteiger partial charge in [0.1, 0.15) is 10.7 Å². The number of halogens is 2. The van der Waals surface area contributed by atoms with Crippen molar-refractivity contribution in [2.45, 2.75) is 4.90 Å². The monoisotopic (exact) mass is 374 g/mol. The van der Waals surface area contributed by atoms with E-state index >= 15 is 0 Å². The van der Waals surface area contributed by atoms with Gasteiger partial charge in [-0.25, -0.2) is 30.7 Å². The Morgan fingerprint density at radius 1 is 1.26 bits per heavy atom. The summed E-state index contributed by atoms with van der Waals surface area (Å²) in [4.78, 5) is -0.530. The summed E-state index contributed by atoms with van der Waals surface area (Å²) in [5, 5.41) is 0. The number of sulfonamides is 2. The van der Waals surface area contributed by atoms with E-state index in [0.29, 0.717) is 4.47 Å². The first-order valence-corrected chi connectivity index (χ1v) is 8.97. The number of rotatable bonds is 6. The summed E-state index contributed by atoms with van der Waals surface area (Å²) in [7, 11) is -6.38. The van der Waals surface area contributed by atoms with Gasteiger partial charge in [0.15, 0.2) is 0 Å². The summed E-state index contributed by atoms with van der Waals surface area (Å²) in [6, 6.07) is 3.48. The third-order valence-corrected chi connectivity index (χ3v) is 5.51. The Morgan fingerprint density at radius 3 is 2.42 bits per heavy atom. The molecule has 0 aliphatic heterocycles. The van der Waals surface area contributed by atoms with Crippen molar-refractivity contribution in [1.82, 2.24) is 9.44 Å². The molecule has 0 unspecified atom stereocenters. The van der Waals surface area contributed by atoms with E-state index in [9.17, 15) is 21.2 Å². The van der Waals surface area contributed by atoms with Crippen LogP contribution in [0.3, 0.4) is 0 Å². The van der Waals surface area contributed by atoms with E-state index in [2.05, 4.69) is 15.9 Å². The van der Waals surface area contributed by atoms with Gasteiger partial charge in [-0.2, -0.15) is 0 Å². The van der Waals surface area contributed by atoms with E-state index in [1.54, 1.807) is 0 Å². The van der Waals surface area contributed by atoms with Gasteiger partial charge in [0.05, 0.1) is 5.75 Å². The first-order valence-electron chi connectivity index (χ1n) is 5.04. The topological polar surface area (TPSA) is 92.3 Å². The van der Waals surface area contributed by atoms with Crippen LogP contribution < -0.4 is 9.44 Å². The molecule has 0 heterocycles. The molecule has 19 heavy (non-hydrogen) atoms. The quantitative estimate of drug-likeness (QED) is 0.754. The molecular formula is C9H12BrFN2O4S2. The Morgan fingerprint density at radius 2 is 1.89 bits per heavy atom. The number of benzene rings is 1. The Labute approximate surface area is 119 Å². The van der Waals surface area contributed by atoms with Crippen LogP contribution >= 0.6 is 15.9 Å². The molecule has 10 heteroatoms. The van der Waals surface area contributed by atoms with Crippen molar-refractivity contribution in [3.8, 4) is 0 Å². The van der Waals surface area contributed by atoms with Crippen LogP contribution in [0.5, 0.6) is 0 Å². The molecular weight excluding hydrogens is 363 g/mol. The van der Waals surface area contributed by atoms with Crippen molar-refractivity contribution in [3.63, 3.8) is 0 Å². The first kappa shape index (κ1) is 16.5. The summed E-state index contributed by atoms with van der Waals surface area (Å²) in [5.74, 6) is -1.35. The van der Waals surface area contributed by atoms with E-state index in [1.165, 1.54) is 13.1 Å². The third kappa shape index (κ3) is 4.80. The zero-order valence-electron chi connectivity index (χ0n) is 9.85. The summed E-state index contributed by atoms with van der Waals surface area (Å²) in [6.07, 6.45) is 0. The second kappa shape index (κ2) is 6.27.